The van der Waals surface area contributed by atoms with Crippen molar-refractivity contribution in [2.75, 3.05) is 0 Å². The maximum Gasteiger partial charge on any atom is 0.279 e. The van der Waals surface area contributed by atoms with Gasteiger partial charge in [0.05, 0.1) is 17.4 Å². The van der Waals surface area contributed by atoms with Gasteiger partial charge in [-0.15, -0.1) is 0 Å². The maximum absolute atomic E-state index is 11.7. The molecule has 0 aliphatic rings. The van der Waals surface area contributed by atoms with Crippen LogP contribution in [-0.4, -0.2) is 20.6 Å². The molecule has 6 heteroatoms. The summed E-state index contributed by atoms with van der Waals surface area (Å²) in [6, 6.07) is 8.53. The molecule has 0 bridgehead atoms. The lowest BCUT2D eigenvalue weighted by molar-refractivity contribution is 0.0846. The molecule has 0 saturated heterocycles. The fraction of sp³-hybridized carbons (Fsp3) is 0.0909. The monoisotopic (exact) mass is 247 g/mol. The molecule has 1 N–H and O–H groups in total. The number of nitrogens with zero attached hydrogens (tertiary/aromatic N) is 2. The first-order valence-electron chi connectivity index (χ1n) is 4.88. The topological polar surface area (TPSA) is 72.0 Å². The Morgan fingerprint density at radius 3 is 2.41 bits per heavy atom. The van der Waals surface area contributed by atoms with Crippen LogP contribution in [0.3, 0.4) is 0 Å². The van der Waals surface area contributed by atoms with Crippen LogP contribution < -0.4 is 5.32 Å². The number of carbonyl (C=O) groups is 2. The minimum Gasteiger partial charge on any atom is -0.287 e. The molecular weight excluding hydrogens is 238 g/mol. The highest BCUT2D eigenvalue weighted by molar-refractivity contribution is 6.99. The van der Waals surface area contributed by atoms with Crippen LogP contribution in [0.1, 0.15) is 26.5 Å². The Bertz CT molecular complexity index is 551. The van der Waals surface area contributed by atoms with Crippen LogP contribution in [0.4, 0.5) is 0 Å². The van der Waals surface area contributed by atoms with Crippen LogP contribution in [0, 0.1) is 6.92 Å². The SMILES string of the molecule is Cc1nsnc1C(=O)NC(=O)c1ccccc1. The number of hydrogen-bond acceptors (Lipinski definition) is 5. The van der Waals surface area contributed by atoms with Gasteiger partial charge >= 0.3 is 0 Å². The predicted octanol–water partition coefficient (Wildman–Crippen LogP) is 1.42. The Balaban J connectivity index is 2.10. The third kappa shape index (κ3) is 2.54. The number of benzene rings is 1. The predicted molar refractivity (Wildman–Crippen MR) is 62.9 cm³/mol. The number of amides is 2. The summed E-state index contributed by atoms with van der Waals surface area (Å²) >= 11 is 0.945. The molecule has 0 spiro atoms. The molecule has 0 atom stereocenters. The van der Waals surface area contributed by atoms with Gasteiger partial charge < -0.3 is 0 Å². The third-order valence-corrected chi connectivity index (χ3v) is 2.75. The largest absolute Gasteiger partial charge is 0.287 e. The standard InChI is InChI=1S/C11H9N3O2S/c1-7-9(14-17-13-7)11(16)12-10(15)8-5-3-2-4-6-8/h2-6H,1H3,(H,12,15,16). The second-order valence-corrected chi connectivity index (χ2v) is 3.88. The van der Waals surface area contributed by atoms with Gasteiger partial charge in [-0.3, -0.25) is 14.9 Å². The molecule has 0 fully saturated rings. The summed E-state index contributed by atoms with van der Waals surface area (Å²) in [5.41, 5.74) is 1.15. The molecule has 2 aromatic rings. The lowest BCUT2D eigenvalue weighted by Crippen LogP contribution is -2.31. The highest BCUT2D eigenvalue weighted by Gasteiger charge is 2.16. The van der Waals surface area contributed by atoms with E-state index in [4.69, 9.17) is 0 Å². The van der Waals surface area contributed by atoms with E-state index in [1.807, 2.05) is 0 Å². The van der Waals surface area contributed by atoms with Crippen molar-refractivity contribution in [3.8, 4) is 0 Å². The zero-order chi connectivity index (χ0) is 12.3. The minimum absolute atomic E-state index is 0.194. The molecular formula is C11H9N3O2S. The molecule has 0 unspecified atom stereocenters. The Kier molecular flexibility index (Phi) is 3.24. The molecule has 1 aromatic carbocycles. The van der Waals surface area contributed by atoms with Crippen LogP contribution in [-0.2, 0) is 0 Å². The van der Waals surface area contributed by atoms with Crippen molar-refractivity contribution >= 4 is 23.5 Å². The fourth-order valence-electron chi connectivity index (χ4n) is 1.26. The van der Waals surface area contributed by atoms with Crippen LogP contribution in [0.2, 0.25) is 0 Å². The normalized spacial score (nSPS) is 9.94. The van der Waals surface area contributed by atoms with Gasteiger partial charge in [0.2, 0.25) is 0 Å². The summed E-state index contributed by atoms with van der Waals surface area (Å²) in [6.07, 6.45) is 0. The fourth-order valence-corrected chi connectivity index (χ4v) is 1.81. The van der Waals surface area contributed by atoms with Gasteiger partial charge in [-0.25, -0.2) is 0 Å². The lowest BCUT2D eigenvalue weighted by atomic mass is 10.2. The van der Waals surface area contributed by atoms with Crippen molar-refractivity contribution in [3.63, 3.8) is 0 Å². The second-order valence-electron chi connectivity index (χ2n) is 3.35. The molecule has 1 heterocycles. The summed E-state index contributed by atoms with van der Waals surface area (Å²) in [6.45, 7) is 1.67. The molecule has 2 rings (SSSR count). The minimum atomic E-state index is -0.523. The molecule has 2 amide bonds. The Morgan fingerprint density at radius 1 is 1.12 bits per heavy atom. The van der Waals surface area contributed by atoms with Gasteiger partial charge in [0.15, 0.2) is 5.69 Å². The lowest BCUT2D eigenvalue weighted by Gasteiger charge is -2.01. The van der Waals surface area contributed by atoms with E-state index in [1.54, 1.807) is 37.3 Å². The van der Waals surface area contributed by atoms with E-state index in [9.17, 15) is 9.59 Å². The molecule has 0 aliphatic heterocycles. The summed E-state index contributed by atoms with van der Waals surface area (Å²) in [5, 5.41) is 2.27. The molecule has 0 aliphatic carbocycles. The van der Waals surface area contributed by atoms with Crippen molar-refractivity contribution in [2.45, 2.75) is 6.92 Å². The van der Waals surface area contributed by atoms with E-state index in [0.29, 0.717) is 11.3 Å². The first-order chi connectivity index (χ1) is 8.18. The van der Waals surface area contributed by atoms with E-state index in [-0.39, 0.29) is 5.69 Å². The number of carbonyl (C=O) groups excluding carboxylic acids is 2. The van der Waals surface area contributed by atoms with Crippen molar-refractivity contribution in [3.05, 3.63) is 47.3 Å². The van der Waals surface area contributed by atoms with Crippen LogP contribution >= 0.6 is 11.7 Å². The Hall–Kier alpha value is -2.08. The van der Waals surface area contributed by atoms with Gasteiger partial charge in [-0.1, -0.05) is 18.2 Å². The van der Waals surface area contributed by atoms with Crippen LogP contribution in [0.15, 0.2) is 30.3 Å². The van der Waals surface area contributed by atoms with Crippen molar-refractivity contribution in [2.24, 2.45) is 0 Å². The smallest absolute Gasteiger partial charge is 0.279 e. The van der Waals surface area contributed by atoms with Crippen LogP contribution in [0.5, 0.6) is 0 Å². The van der Waals surface area contributed by atoms with E-state index < -0.39 is 11.8 Å². The summed E-state index contributed by atoms with van der Waals surface area (Å²) in [7, 11) is 0. The first-order valence-corrected chi connectivity index (χ1v) is 5.61. The van der Waals surface area contributed by atoms with Gasteiger partial charge in [-0.05, 0) is 19.1 Å². The van der Waals surface area contributed by atoms with Crippen LogP contribution in [0.25, 0.3) is 0 Å². The van der Waals surface area contributed by atoms with Crippen molar-refractivity contribution < 1.29 is 9.59 Å². The molecule has 5 nitrogen and oxygen atoms in total. The number of aromatic nitrogens is 2. The molecule has 1 aromatic heterocycles. The zero-order valence-corrected chi connectivity index (χ0v) is 9.82. The van der Waals surface area contributed by atoms with E-state index in [1.165, 1.54) is 0 Å². The maximum atomic E-state index is 11.7. The number of nitrogens with one attached hydrogen (secondary N) is 1. The summed E-state index contributed by atoms with van der Waals surface area (Å²) in [4.78, 5) is 23.4. The second kappa shape index (κ2) is 4.84. The third-order valence-electron chi connectivity index (χ3n) is 2.13. The molecule has 0 saturated carbocycles. The molecule has 0 radical (unpaired) electrons. The highest BCUT2D eigenvalue weighted by Crippen LogP contribution is 2.04. The van der Waals surface area contributed by atoms with Crippen molar-refractivity contribution in [1.82, 2.24) is 14.1 Å². The Morgan fingerprint density at radius 2 is 1.82 bits per heavy atom. The average Bonchev–Trinajstić information content (AvgIpc) is 2.76. The number of imide groups is 1. The van der Waals surface area contributed by atoms with E-state index in [0.717, 1.165) is 11.7 Å². The van der Waals surface area contributed by atoms with Gasteiger partial charge in [0.25, 0.3) is 11.8 Å². The van der Waals surface area contributed by atoms with E-state index in [2.05, 4.69) is 14.1 Å². The molecule has 17 heavy (non-hydrogen) atoms. The van der Waals surface area contributed by atoms with Gasteiger partial charge in [0, 0.05) is 5.56 Å². The Labute approximate surface area is 102 Å². The summed E-state index contributed by atoms with van der Waals surface area (Å²) < 4.78 is 7.70. The van der Waals surface area contributed by atoms with Crippen molar-refractivity contribution in [1.29, 1.82) is 0 Å². The average molecular weight is 247 g/mol. The quantitative estimate of drug-likeness (QED) is 0.814. The number of rotatable bonds is 2. The van der Waals surface area contributed by atoms with Gasteiger partial charge in [-0.2, -0.15) is 8.75 Å². The molecule has 86 valence electrons. The summed E-state index contributed by atoms with van der Waals surface area (Å²) in [5.74, 6) is -0.965. The van der Waals surface area contributed by atoms with Gasteiger partial charge in [0.1, 0.15) is 0 Å². The highest BCUT2D eigenvalue weighted by atomic mass is 32.1. The first kappa shape index (κ1) is 11.4. The zero-order valence-electron chi connectivity index (χ0n) is 9.01. The number of hydrogen-bond donors (Lipinski definition) is 1. The van der Waals surface area contributed by atoms with E-state index >= 15 is 0 Å². The number of aryl methyl sites for hydroxylation is 1.